The van der Waals surface area contributed by atoms with Crippen molar-refractivity contribution in [2.24, 2.45) is 0 Å². The van der Waals surface area contributed by atoms with E-state index in [4.69, 9.17) is 4.74 Å². The predicted octanol–water partition coefficient (Wildman–Crippen LogP) is 4.35. The summed E-state index contributed by atoms with van der Waals surface area (Å²) >= 11 is 0. The fourth-order valence-corrected chi connectivity index (χ4v) is 3.27. The van der Waals surface area contributed by atoms with Crippen LogP contribution in [0.1, 0.15) is 48.9 Å². The molecule has 0 heterocycles. The molecule has 3 nitrogen and oxygen atoms in total. The minimum Gasteiger partial charge on any atom is -0.481 e. The summed E-state index contributed by atoms with van der Waals surface area (Å²) in [5.74, 6) is 0.714. The highest BCUT2D eigenvalue weighted by molar-refractivity contribution is 5.81. The molecular weight excluding hydrogens is 298 g/mol. The number of rotatable bonds is 5. The monoisotopic (exact) mass is 323 g/mol. The molecule has 0 radical (unpaired) electrons. The van der Waals surface area contributed by atoms with E-state index in [1.54, 1.807) is 0 Å². The second-order valence-corrected chi connectivity index (χ2v) is 6.48. The van der Waals surface area contributed by atoms with Gasteiger partial charge in [0.05, 0.1) is 6.04 Å². The lowest BCUT2D eigenvalue weighted by Crippen LogP contribution is -2.40. The van der Waals surface area contributed by atoms with Crippen LogP contribution < -0.4 is 10.1 Å². The van der Waals surface area contributed by atoms with E-state index in [0.717, 1.165) is 25.0 Å². The highest BCUT2D eigenvalue weighted by Gasteiger charge is 2.25. The zero-order valence-electron chi connectivity index (χ0n) is 14.4. The van der Waals surface area contributed by atoms with Gasteiger partial charge in [0.2, 0.25) is 0 Å². The Kier molecular flexibility index (Phi) is 5.19. The van der Waals surface area contributed by atoms with Crippen LogP contribution in [0.3, 0.4) is 0 Å². The second kappa shape index (κ2) is 7.52. The first-order chi connectivity index (χ1) is 11.7. The summed E-state index contributed by atoms with van der Waals surface area (Å²) in [6.07, 6.45) is 3.39. The van der Waals surface area contributed by atoms with Gasteiger partial charge in [-0.25, -0.2) is 0 Å². The van der Waals surface area contributed by atoms with Crippen LogP contribution in [-0.4, -0.2) is 12.0 Å². The number of amides is 1. The molecule has 24 heavy (non-hydrogen) atoms. The fourth-order valence-electron chi connectivity index (χ4n) is 3.27. The van der Waals surface area contributed by atoms with Crippen LogP contribution in [0, 0.1) is 6.92 Å². The van der Waals surface area contributed by atoms with Crippen LogP contribution in [0.15, 0.2) is 48.5 Å². The molecule has 3 rings (SSSR count). The molecule has 2 aromatic rings. The first kappa shape index (κ1) is 16.6. The third kappa shape index (κ3) is 3.78. The molecule has 1 aliphatic rings. The van der Waals surface area contributed by atoms with Crippen molar-refractivity contribution in [2.45, 2.75) is 51.7 Å². The van der Waals surface area contributed by atoms with Crippen LogP contribution >= 0.6 is 0 Å². The van der Waals surface area contributed by atoms with E-state index < -0.39 is 6.10 Å². The first-order valence-electron chi connectivity index (χ1n) is 8.79. The first-order valence-corrected chi connectivity index (χ1v) is 8.79. The van der Waals surface area contributed by atoms with Crippen LogP contribution in [-0.2, 0) is 11.2 Å². The maximum absolute atomic E-state index is 12.7. The number of carbonyl (C=O) groups is 1. The maximum atomic E-state index is 12.7. The normalized spacial score (nSPS) is 17.7. The van der Waals surface area contributed by atoms with Gasteiger partial charge in [-0.15, -0.1) is 0 Å². The van der Waals surface area contributed by atoms with E-state index in [-0.39, 0.29) is 11.9 Å². The van der Waals surface area contributed by atoms with E-state index in [1.807, 2.05) is 44.2 Å². The van der Waals surface area contributed by atoms with Gasteiger partial charge in [-0.1, -0.05) is 48.9 Å². The van der Waals surface area contributed by atoms with E-state index >= 15 is 0 Å². The number of ether oxygens (including phenoxy) is 1. The third-order valence-corrected chi connectivity index (χ3v) is 4.65. The fraction of sp³-hybridized carbons (Fsp3) is 0.381. The van der Waals surface area contributed by atoms with Gasteiger partial charge in [0.25, 0.3) is 5.91 Å². The molecule has 0 saturated carbocycles. The van der Waals surface area contributed by atoms with Crippen LogP contribution in [0.25, 0.3) is 0 Å². The highest BCUT2D eigenvalue weighted by atomic mass is 16.5. The molecule has 0 aromatic heterocycles. The van der Waals surface area contributed by atoms with Gasteiger partial charge in [-0.05, 0) is 55.9 Å². The number of fused-ring (bicyclic) bond motifs is 1. The molecule has 0 saturated heterocycles. The van der Waals surface area contributed by atoms with Crippen molar-refractivity contribution in [2.75, 3.05) is 0 Å². The molecule has 126 valence electrons. The molecule has 2 atom stereocenters. The van der Waals surface area contributed by atoms with Crippen molar-refractivity contribution in [3.63, 3.8) is 0 Å². The number of carbonyl (C=O) groups excluding carboxylic acids is 1. The maximum Gasteiger partial charge on any atom is 0.261 e. The molecule has 1 aliphatic carbocycles. The van der Waals surface area contributed by atoms with Crippen molar-refractivity contribution in [3.8, 4) is 5.75 Å². The summed E-state index contributed by atoms with van der Waals surface area (Å²) in [4.78, 5) is 12.7. The largest absolute Gasteiger partial charge is 0.481 e. The number of benzene rings is 2. The Balaban J connectivity index is 1.68. The number of aryl methyl sites for hydroxylation is 2. The van der Waals surface area contributed by atoms with Gasteiger partial charge in [0.15, 0.2) is 6.10 Å². The Labute approximate surface area is 144 Å². The molecule has 2 aromatic carbocycles. The summed E-state index contributed by atoms with van der Waals surface area (Å²) < 4.78 is 5.90. The summed E-state index contributed by atoms with van der Waals surface area (Å²) in [5, 5.41) is 3.19. The minimum atomic E-state index is -0.457. The highest BCUT2D eigenvalue weighted by Crippen LogP contribution is 2.29. The van der Waals surface area contributed by atoms with Gasteiger partial charge in [0, 0.05) is 0 Å². The van der Waals surface area contributed by atoms with Gasteiger partial charge >= 0.3 is 0 Å². The Morgan fingerprint density at radius 3 is 2.71 bits per heavy atom. The van der Waals surface area contributed by atoms with Crippen molar-refractivity contribution >= 4 is 5.91 Å². The summed E-state index contributed by atoms with van der Waals surface area (Å²) in [5.41, 5.74) is 3.78. The zero-order chi connectivity index (χ0) is 16.9. The van der Waals surface area contributed by atoms with Crippen molar-refractivity contribution in [1.82, 2.24) is 5.32 Å². The summed E-state index contributed by atoms with van der Waals surface area (Å²) in [6.45, 7) is 4.02. The Morgan fingerprint density at radius 1 is 1.21 bits per heavy atom. The lowest BCUT2D eigenvalue weighted by molar-refractivity contribution is -0.129. The average Bonchev–Trinajstić information content (AvgIpc) is 2.61. The summed E-state index contributed by atoms with van der Waals surface area (Å²) in [6, 6.07) is 16.3. The molecule has 1 N–H and O–H groups in total. The third-order valence-electron chi connectivity index (χ3n) is 4.65. The van der Waals surface area contributed by atoms with E-state index in [2.05, 4.69) is 23.5 Å². The van der Waals surface area contributed by atoms with Crippen molar-refractivity contribution < 1.29 is 9.53 Å². The summed E-state index contributed by atoms with van der Waals surface area (Å²) in [7, 11) is 0. The van der Waals surface area contributed by atoms with Gasteiger partial charge in [-0.2, -0.15) is 0 Å². The smallest absolute Gasteiger partial charge is 0.261 e. The molecule has 0 bridgehead atoms. The standard InChI is InChI=1S/C21H25NO2/c1-3-20(24-17-13-11-15(2)12-14-17)21(23)22-19-10-6-8-16-7-4-5-9-18(16)19/h4-5,7,9,11-14,19-20H,3,6,8,10H2,1-2H3,(H,22,23)/t19-,20+/m0/s1. The molecule has 0 fully saturated rings. The predicted molar refractivity (Wildman–Crippen MR) is 96.1 cm³/mol. The molecule has 3 heteroatoms. The minimum absolute atomic E-state index is 0.0280. The second-order valence-electron chi connectivity index (χ2n) is 6.48. The molecular formula is C21H25NO2. The molecule has 1 amide bonds. The van der Waals surface area contributed by atoms with Crippen molar-refractivity contribution in [3.05, 3.63) is 65.2 Å². The average molecular weight is 323 g/mol. The Hall–Kier alpha value is -2.29. The lowest BCUT2D eigenvalue weighted by Gasteiger charge is -2.28. The number of hydrogen-bond donors (Lipinski definition) is 1. The van der Waals surface area contributed by atoms with Crippen LogP contribution in [0.2, 0.25) is 0 Å². The SMILES string of the molecule is CC[C@@H](Oc1ccc(C)cc1)C(=O)N[C@H]1CCCc2ccccc21. The van der Waals surface area contributed by atoms with E-state index in [9.17, 15) is 4.79 Å². The number of hydrogen-bond acceptors (Lipinski definition) is 2. The van der Waals surface area contributed by atoms with Gasteiger partial charge in [0.1, 0.15) is 5.75 Å². The van der Waals surface area contributed by atoms with Gasteiger partial charge in [-0.3, -0.25) is 4.79 Å². The van der Waals surface area contributed by atoms with Crippen LogP contribution in [0.5, 0.6) is 5.75 Å². The van der Waals surface area contributed by atoms with Crippen LogP contribution in [0.4, 0.5) is 0 Å². The topological polar surface area (TPSA) is 38.3 Å². The molecule has 0 spiro atoms. The molecule has 0 unspecified atom stereocenters. The van der Waals surface area contributed by atoms with Crippen molar-refractivity contribution in [1.29, 1.82) is 0 Å². The van der Waals surface area contributed by atoms with E-state index in [1.165, 1.54) is 16.7 Å². The lowest BCUT2D eigenvalue weighted by atomic mass is 9.87. The molecule has 0 aliphatic heterocycles. The Morgan fingerprint density at radius 2 is 1.96 bits per heavy atom. The Bertz CT molecular complexity index is 693. The van der Waals surface area contributed by atoms with Gasteiger partial charge < -0.3 is 10.1 Å². The van der Waals surface area contributed by atoms with E-state index in [0.29, 0.717) is 6.42 Å². The number of nitrogens with one attached hydrogen (secondary N) is 1. The zero-order valence-corrected chi connectivity index (χ0v) is 14.4. The quantitative estimate of drug-likeness (QED) is 0.888.